The zero-order chi connectivity index (χ0) is 10.7. The standard InChI is InChI=1S/C10H13N3OS/c1-8(2)13-6-9(5-12-13)14-7-10-11-3-4-15-10/h3-6,8H,7H2,1-2H3. The Balaban J connectivity index is 1.94. The van der Waals surface area contributed by atoms with E-state index in [1.807, 2.05) is 16.3 Å². The van der Waals surface area contributed by atoms with E-state index in [4.69, 9.17) is 4.74 Å². The molecule has 0 atom stereocenters. The highest BCUT2D eigenvalue weighted by molar-refractivity contribution is 7.09. The molecule has 0 unspecified atom stereocenters. The molecule has 0 aliphatic heterocycles. The molecule has 0 aliphatic carbocycles. The Labute approximate surface area is 92.5 Å². The van der Waals surface area contributed by atoms with Gasteiger partial charge >= 0.3 is 0 Å². The monoisotopic (exact) mass is 223 g/mol. The van der Waals surface area contributed by atoms with Crippen molar-refractivity contribution in [2.45, 2.75) is 26.5 Å². The number of hydrogen-bond acceptors (Lipinski definition) is 4. The molecule has 0 amide bonds. The van der Waals surface area contributed by atoms with E-state index in [1.165, 1.54) is 0 Å². The molecular weight excluding hydrogens is 210 g/mol. The van der Waals surface area contributed by atoms with E-state index in [9.17, 15) is 0 Å². The van der Waals surface area contributed by atoms with Crippen molar-refractivity contribution in [2.24, 2.45) is 0 Å². The van der Waals surface area contributed by atoms with E-state index >= 15 is 0 Å². The lowest BCUT2D eigenvalue weighted by atomic mass is 10.4. The quantitative estimate of drug-likeness (QED) is 0.799. The van der Waals surface area contributed by atoms with Crippen LogP contribution in [-0.4, -0.2) is 14.8 Å². The van der Waals surface area contributed by atoms with Gasteiger partial charge < -0.3 is 4.74 Å². The second-order valence-electron chi connectivity index (χ2n) is 3.46. The fourth-order valence-corrected chi connectivity index (χ4v) is 1.67. The first-order valence-corrected chi connectivity index (χ1v) is 5.69. The minimum absolute atomic E-state index is 0.363. The largest absolute Gasteiger partial charge is 0.483 e. The van der Waals surface area contributed by atoms with Gasteiger partial charge in [-0.15, -0.1) is 11.3 Å². The molecule has 2 aromatic rings. The van der Waals surface area contributed by atoms with Gasteiger partial charge in [-0.2, -0.15) is 5.10 Å². The van der Waals surface area contributed by atoms with Gasteiger partial charge in [0.2, 0.25) is 0 Å². The van der Waals surface area contributed by atoms with Gasteiger partial charge in [0.15, 0.2) is 5.75 Å². The minimum Gasteiger partial charge on any atom is -0.483 e. The molecule has 2 rings (SSSR count). The Hall–Kier alpha value is -1.36. The molecule has 0 saturated heterocycles. The molecule has 0 N–H and O–H groups in total. The number of aromatic nitrogens is 3. The van der Waals surface area contributed by atoms with Gasteiger partial charge in [-0.25, -0.2) is 4.98 Å². The van der Waals surface area contributed by atoms with E-state index in [-0.39, 0.29) is 0 Å². The third-order valence-electron chi connectivity index (χ3n) is 1.95. The van der Waals surface area contributed by atoms with Gasteiger partial charge in [0.25, 0.3) is 0 Å². The molecule has 0 aliphatic rings. The minimum atomic E-state index is 0.363. The lowest BCUT2D eigenvalue weighted by Gasteiger charge is -2.03. The van der Waals surface area contributed by atoms with Crippen LogP contribution in [0.1, 0.15) is 24.9 Å². The lowest BCUT2D eigenvalue weighted by molar-refractivity contribution is 0.305. The van der Waals surface area contributed by atoms with Gasteiger partial charge in [-0.3, -0.25) is 4.68 Å². The molecule has 0 bridgehead atoms. The predicted octanol–water partition coefficient (Wildman–Crippen LogP) is 2.50. The number of rotatable bonds is 4. The second kappa shape index (κ2) is 4.44. The van der Waals surface area contributed by atoms with Crippen molar-refractivity contribution in [3.05, 3.63) is 29.0 Å². The van der Waals surface area contributed by atoms with Crippen molar-refractivity contribution in [3.8, 4) is 5.75 Å². The van der Waals surface area contributed by atoms with Gasteiger partial charge in [0.1, 0.15) is 11.6 Å². The predicted molar refractivity (Wildman–Crippen MR) is 59.1 cm³/mol. The fourth-order valence-electron chi connectivity index (χ4n) is 1.15. The average Bonchev–Trinajstić information content (AvgIpc) is 2.86. The maximum Gasteiger partial charge on any atom is 0.157 e. The molecule has 2 heterocycles. The Morgan fingerprint density at radius 2 is 2.40 bits per heavy atom. The zero-order valence-corrected chi connectivity index (χ0v) is 9.57. The van der Waals surface area contributed by atoms with Crippen molar-refractivity contribution in [3.63, 3.8) is 0 Å². The van der Waals surface area contributed by atoms with Gasteiger partial charge in [-0.05, 0) is 13.8 Å². The average molecular weight is 223 g/mol. The van der Waals surface area contributed by atoms with Crippen LogP contribution in [0.2, 0.25) is 0 Å². The molecule has 0 aromatic carbocycles. The van der Waals surface area contributed by atoms with Gasteiger partial charge in [-0.1, -0.05) is 0 Å². The molecule has 0 spiro atoms. The Morgan fingerprint density at radius 1 is 1.53 bits per heavy atom. The summed E-state index contributed by atoms with van der Waals surface area (Å²) in [6.45, 7) is 4.68. The van der Waals surface area contributed by atoms with Crippen LogP contribution in [0.4, 0.5) is 0 Å². The van der Waals surface area contributed by atoms with E-state index in [1.54, 1.807) is 23.7 Å². The fraction of sp³-hybridized carbons (Fsp3) is 0.400. The van der Waals surface area contributed by atoms with Crippen molar-refractivity contribution >= 4 is 11.3 Å². The molecule has 0 radical (unpaired) electrons. The SMILES string of the molecule is CC(C)n1cc(OCc2nccs2)cn1. The van der Waals surface area contributed by atoms with Crippen LogP contribution in [0.25, 0.3) is 0 Å². The molecular formula is C10H13N3OS. The van der Waals surface area contributed by atoms with Crippen LogP contribution in [0.15, 0.2) is 24.0 Å². The highest BCUT2D eigenvalue weighted by Gasteiger charge is 2.03. The first-order chi connectivity index (χ1) is 7.25. The van der Waals surface area contributed by atoms with Crippen LogP contribution < -0.4 is 4.74 Å². The molecule has 2 aromatic heterocycles. The summed E-state index contributed by atoms with van der Waals surface area (Å²) in [5.41, 5.74) is 0. The van der Waals surface area contributed by atoms with Crippen LogP contribution in [-0.2, 0) is 6.61 Å². The summed E-state index contributed by atoms with van der Waals surface area (Å²) in [6.07, 6.45) is 5.41. The molecule has 0 saturated carbocycles. The highest BCUT2D eigenvalue weighted by atomic mass is 32.1. The summed E-state index contributed by atoms with van der Waals surface area (Å²) in [4.78, 5) is 4.14. The van der Waals surface area contributed by atoms with Crippen LogP contribution in [0.3, 0.4) is 0 Å². The number of nitrogens with zero attached hydrogens (tertiary/aromatic N) is 3. The third-order valence-corrected chi connectivity index (χ3v) is 2.71. The third kappa shape index (κ3) is 2.56. The van der Waals surface area contributed by atoms with E-state index in [2.05, 4.69) is 23.9 Å². The number of thiazole rings is 1. The summed E-state index contributed by atoms with van der Waals surface area (Å²) in [7, 11) is 0. The Kier molecular flexibility index (Phi) is 3.01. The van der Waals surface area contributed by atoms with Crippen LogP contribution in [0.5, 0.6) is 5.75 Å². The van der Waals surface area contributed by atoms with Crippen molar-refractivity contribution in [1.82, 2.24) is 14.8 Å². The topological polar surface area (TPSA) is 39.9 Å². The maximum absolute atomic E-state index is 5.55. The van der Waals surface area contributed by atoms with Crippen molar-refractivity contribution < 1.29 is 4.74 Å². The normalized spacial score (nSPS) is 10.9. The smallest absolute Gasteiger partial charge is 0.157 e. The lowest BCUT2D eigenvalue weighted by Crippen LogP contribution is -2.00. The molecule has 80 valence electrons. The molecule has 4 nitrogen and oxygen atoms in total. The summed E-state index contributed by atoms with van der Waals surface area (Å²) in [5.74, 6) is 0.791. The van der Waals surface area contributed by atoms with Gasteiger partial charge in [0, 0.05) is 17.6 Å². The Bertz CT molecular complexity index is 408. The summed E-state index contributed by atoms with van der Waals surface area (Å²) in [6, 6.07) is 0.363. The highest BCUT2D eigenvalue weighted by Crippen LogP contribution is 2.14. The summed E-state index contributed by atoms with van der Waals surface area (Å²) >= 11 is 1.59. The summed E-state index contributed by atoms with van der Waals surface area (Å²) in [5, 5.41) is 7.11. The van der Waals surface area contributed by atoms with E-state index < -0.39 is 0 Å². The molecule has 5 heteroatoms. The van der Waals surface area contributed by atoms with Crippen LogP contribution in [0, 0.1) is 0 Å². The molecule has 0 fully saturated rings. The molecule has 15 heavy (non-hydrogen) atoms. The second-order valence-corrected chi connectivity index (χ2v) is 4.44. The number of ether oxygens (including phenoxy) is 1. The Morgan fingerprint density at radius 3 is 3.00 bits per heavy atom. The summed E-state index contributed by atoms with van der Waals surface area (Å²) < 4.78 is 7.42. The van der Waals surface area contributed by atoms with E-state index in [0.717, 1.165) is 10.8 Å². The van der Waals surface area contributed by atoms with Crippen LogP contribution >= 0.6 is 11.3 Å². The van der Waals surface area contributed by atoms with Crippen molar-refractivity contribution in [2.75, 3.05) is 0 Å². The first-order valence-electron chi connectivity index (χ1n) is 4.81. The first kappa shape index (κ1) is 10.2. The maximum atomic E-state index is 5.55. The zero-order valence-electron chi connectivity index (χ0n) is 8.75. The van der Waals surface area contributed by atoms with Gasteiger partial charge in [0.05, 0.1) is 12.4 Å². The van der Waals surface area contributed by atoms with E-state index in [0.29, 0.717) is 12.6 Å². The number of hydrogen-bond donors (Lipinski definition) is 0. The van der Waals surface area contributed by atoms with Crippen molar-refractivity contribution in [1.29, 1.82) is 0 Å².